The minimum absolute atomic E-state index is 0.150. The van der Waals surface area contributed by atoms with Crippen LogP contribution in [0.4, 0.5) is 0 Å². The fourth-order valence-electron chi connectivity index (χ4n) is 2.89. The second-order valence-electron chi connectivity index (χ2n) is 5.44. The van der Waals surface area contributed by atoms with E-state index in [0.29, 0.717) is 0 Å². The van der Waals surface area contributed by atoms with E-state index in [9.17, 15) is 0 Å². The number of hydrogen-bond acceptors (Lipinski definition) is 3. The van der Waals surface area contributed by atoms with Gasteiger partial charge in [-0.1, -0.05) is 13.8 Å². The van der Waals surface area contributed by atoms with Crippen LogP contribution in [0.3, 0.4) is 0 Å². The molecule has 2 N–H and O–H groups in total. The molecule has 2 saturated heterocycles. The molecule has 2 aliphatic rings. The van der Waals surface area contributed by atoms with E-state index in [-0.39, 0.29) is 5.54 Å². The van der Waals surface area contributed by atoms with E-state index in [1.54, 1.807) is 0 Å². The lowest BCUT2D eigenvalue weighted by Crippen LogP contribution is -2.58. The van der Waals surface area contributed by atoms with Crippen molar-refractivity contribution in [2.45, 2.75) is 32.2 Å². The Morgan fingerprint density at radius 1 is 1.33 bits per heavy atom. The van der Waals surface area contributed by atoms with E-state index >= 15 is 0 Å². The van der Waals surface area contributed by atoms with Crippen LogP contribution in [0, 0.1) is 11.8 Å². The number of likely N-dealkylation sites (tertiary alicyclic amines) is 1. The summed E-state index contributed by atoms with van der Waals surface area (Å²) in [7, 11) is 0. The fourth-order valence-corrected chi connectivity index (χ4v) is 2.89. The van der Waals surface area contributed by atoms with Gasteiger partial charge in [-0.25, -0.2) is 0 Å². The summed E-state index contributed by atoms with van der Waals surface area (Å²) >= 11 is 0. The molecule has 0 aliphatic carbocycles. The van der Waals surface area contributed by atoms with Crippen LogP contribution in [0.1, 0.15) is 26.7 Å². The van der Waals surface area contributed by atoms with Gasteiger partial charge in [-0.05, 0) is 24.7 Å². The van der Waals surface area contributed by atoms with Gasteiger partial charge in [0.1, 0.15) is 0 Å². The standard InChI is InChI=1S/C12H24N2O/c1-10-6-14(7-11(10)2)12(8-13)4-3-5-15-9-12/h10-11H,3-9,13H2,1-2H3. The fraction of sp³-hybridized carbons (Fsp3) is 1.00. The molecule has 0 aromatic carbocycles. The molecule has 0 radical (unpaired) electrons. The van der Waals surface area contributed by atoms with E-state index in [1.165, 1.54) is 19.5 Å². The summed E-state index contributed by atoms with van der Waals surface area (Å²) in [6, 6.07) is 0. The van der Waals surface area contributed by atoms with Crippen LogP contribution in [0.25, 0.3) is 0 Å². The van der Waals surface area contributed by atoms with Crippen LogP contribution in [-0.4, -0.2) is 43.3 Å². The van der Waals surface area contributed by atoms with Crippen molar-refractivity contribution in [1.82, 2.24) is 4.90 Å². The molecule has 0 aromatic rings. The Hall–Kier alpha value is -0.120. The van der Waals surface area contributed by atoms with Crippen molar-refractivity contribution in [2.24, 2.45) is 17.6 Å². The average Bonchev–Trinajstić information content (AvgIpc) is 2.61. The molecule has 2 rings (SSSR count). The summed E-state index contributed by atoms with van der Waals surface area (Å²) in [5.74, 6) is 1.60. The minimum atomic E-state index is 0.150. The first-order valence-electron chi connectivity index (χ1n) is 6.21. The highest BCUT2D eigenvalue weighted by Gasteiger charge is 2.42. The van der Waals surface area contributed by atoms with Crippen molar-refractivity contribution in [1.29, 1.82) is 0 Å². The third kappa shape index (κ3) is 2.05. The lowest BCUT2D eigenvalue weighted by atomic mass is 9.90. The van der Waals surface area contributed by atoms with Crippen molar-refractivity contribution < 1.29 is 4.74 Å². The molecule has 0 amide bonds. The van der Waals surface area contributed by atoms with E-state index in [2.05, 4.69) is 18.7 Å². The molecule has 15 heavy (non-hydrogen) atoms. The van der Waals surface area contributed by atoms with Crippen LogP contribution >= 0.6 is 0 Å². The molecule has 0 bridgehead atoms. The summed E-state index contributed by atoms with van der Waals surface area (Å²) in [6.45, 7) is 9.58. The average molecular weight is 212 g/mol. The first kappa shape index (κ1) is 11.4. The maximum atomic E-state index is 5.99. The molecule has 2 fully saturated rings. The zero-order valence-corrected chi connectivity index (χ0v) is 10.0. The Morgan fingerprint density at radius 2 is 2.00 bits per heavy atom. The van der Waals surface area contributed by atoms with Crippen LogP contribution in [0.2, 0.25) is 0 Å². The molecule has 88 valence electrons. The predicted octanol–water partition coefficient (Wildman–Crippen LogP) is 1.08. The summed E-state index contributed by atoms with van der Waals surface area (Å²) in [5, 5.41) is 0. The summed E-state index contributed by atoms with van der Waals surface area (Å²) in [6.07, 6.45) is 2.37. The highest BCUT2D eigenvalue weighted by atomic mass is 16.5. The Bertz CT molecular complexity index is 204. The third-order valence-electron chi connectivity index (χ3n) is 4.34. The molecule has 0 saturated carbocycles. The van der Waals surface area contributed by atoms with E-state index in [4.69, 9.17) is 10.5 Å². The van der Waals surface area contributed by atoms with Crippen LogP contribution in [-0.2, 0) is 4.74 Å². The van der Waals surface area contributed by atoms with Gasteiger partial charge in [0.05, 0.1) is 12.1 Å². The maximum absolute atomic E-state index is 5.99. The second kappa shape index (κ2) is 4.40. The summed E-state index contributed by atoms with van der Waals surface area (Å²) in [5.41, 5.74) is 6.14. The molecule has 3 nitrogen and oxygen atoms in total. The van der Waals surface area contributed by atoms with Crippen LogP contribution in [0.5, 0.6) is 0 Å². The molecular weight excluding hydrogens is 188 g/mol. The van der Waals surface area contributed by atoms with Crippen LogP contribution < -0.4 is 5.73 Å². The third-order valence-corrected chi connectivity index (χ3v) is 4.34. The smallest absolute Gasteiger partial charge is 0.0662 e. The van der Waals surface area contributed by atoms with Gasteiger partial charge in [0, 0.05) is 26.2 Å². The molecule has 3 unspecified atom stereocenters. The van der Waals surface area contributed by atoms with Gasteiger partial charge in [-0.15, -0.1) is 0 Å². The first-order valence-corrected chi connectivity index (χ1v) is 6.21. The summed E-state index contributed by atoms with van der Waals surface area (Å²) in [4.78, 5) is 2.58. The number of rotatable bonds is 2. The number of hydrogen-bond donors (Lipinski definition) is 1. The van der Waals surface area contributed by atoms with E-state index < -0.39 is 0 Å². The van der Waals surface area contributed by atoms with E-state index in [0.717, 1.165) is 38.0 Å². The normalized spacial score (nSPS) is 43.4. The Balaban J connectivity index is 2.06. The van der Waals surface area contributed by atoms with E-state index in [1.807, 2.05) is 0 Å². The SMILES string of the molecule is CC1CN(C2(CN)CCCOC2)CC1C. The zero-order chi connectivity index (χ0) is 10.9. The molecule has 2 aliphatic heterocycles. The number of nitrogens with zero attached hydrogens (tertiary/aromatic N) is 1. The minimum Gasteiger partial charge on any atom is -0.379 e. The Kier molecular flexibility index (Phi) is 3.33. The highest BCUT2D eigenvalue weighted by molar-refractivity contribution is 4.97. The zero-order valence-electron chi connectivity index (χ0n) is 10.0. The molecule has 3 heteroatoms. The topological polar surface area (TPSA) is 38.5 Å². The van der Waals surface area contributed by atoms with Gasteiger partial charge in [0.25, 0.3) is 0 Å². The van der Waals surface area contributed by atoms with Crippen molar-refractivity contribution in [3.8, 4) is 0 Å². The molecule has 3 atom stereocenters. The maximum Gasteiger partial charge on any atom is 0.0662 e. The molecule has 0 aromatic heterocycles. The quantitative estimate of drug-likeness (QED) is 0.744. The Labute approximate surface area is 93.0 Å². The first-order chi connectivity index (χ1) is 7.18. The van der Waals surface area contributed by atoms with Crippen molar-refractivity contribution in [2.75, 3.05) is 32.8 Å². The predicted molar refractivity (Wildman–Crippen MR) is 61.7 cm³/mol. The van der Waals surface area contributed by atoms with Gasteiger partial charge in [0.2, 0.25) is 0 Å². The highest BCUT2D eigenvalue weighted by Crippen LogP contribution is 2.33. The monoisotopic (exact) mass is 212 g/mol. The van der Waals surface area contributed by atoms with Gasteiger partial charge in [-0.3, -0.25) is 4.90 Å². The molecule has 0 spiro atoms. The van der Waals surface area contributed by atoms with Crippen LogP contribution in [0.15, 0.2) is 0 Å². The van der Waals surface area contributed by atoms with Crippen molar-refractivity contribution in [3.63, 3.8) is 0 Å². The summed E-state index contributed by atoms with van der Waals surface area (Å²) < 4.78 is 5.64. The second-order valence-corrected chi connectivity index (χ2v) is 5.44. The Morgan fingerprint density at radius 3 is 2.47 bits per heavy atom. The lowest BCUT2D eigenvalue weighted by molar-refractivity contribution is -0.0374. The van der Waals surface area contributed by atoms with Crippen molar-refractivity contribution >= 4 is 0 Å². The van der Waals surface area contributed by atoms with Gasteiger partial charge < -0.3 is 10.5 Å². The number of nitrogens with two attached hydrogens (primary N) is 1. The lowest BCUT2D eigenvalue weighted by Gasteiger charge is -2.43. The number of ether oxygens (including phenoxy) is 1. The largest absolute Gasteiger partial charge is 0.379 e. The van der Waals surface area contributed by atoms with Crippen molar-refractivity contribution in [3.05, 3.63) is 0 Å². The molecule has 2 heterocycles. The molecular formula is C12H24N2O. The van der Waals surface area contributed by atoms with Gasteiger partial charge in [-0.2, -0.15) is 0 Å². The van der Waals surface area contributed by atoms with Gasteiger partial charge >= 0.3 is 0 Å². The van der Waals surface area contributed by atoms with Gasteiger partial charge in [0.15, 0.2) is 0 Å².